The van der Waals surface area contributed by atoms with Crippen LogP contribution in [0.2, 0.25) is 0 Å². The normalized spacial score (nSPS) is 36.4. The summed E-state index contributed by atoms with van der Waals surface area (Å²) in [6, 6.07) is 39.5. The summed E-state index contributed by atoms with van der Waals surface area (Å²) in [5.74, 6) is -0.331. The van der Waals surface area contributed by atoms with Gasteiger partial charge in [-0.2, -0.15) is 0 Å². The van der Waals surface area contributed by atoms with E-state index in [0.717, 1.165) is 33.4 Å². The Bertz CT molecular complexity index is 1640. The number of rotatable bonds is 3. The number of carbonyl (C=O) groups excluding carboxylic acids is 1. The molecule has 0 heterocycles. The lowest BCUT2D eigenvalue weighted by Crippen LogP contribution is -2.53. The highest BCUT2D eigenvalue weighted by Crippen LogP contribution is 2.90. The third-order valence-electron chi connectivity index (χ3n) is 10.4. The second kappa shape index (κ2) is 6.57. The van der Waals surface area contributed by atoms with Gasteiger partial charge in [-0.3, -0.25) is 4.79 Å². The van der Waals surface area contributed by atoms with Gasteiger partial charge >= 0.3 is 0 Å². The van der Waals surface area contributed by atoms with Crippen molar-refractivity contribution >= 4 is 16.9 Å². The molecule has 2 saturated carbocycles. The van der Waals surface area contributed by atoms with Gasteiger partial charge in [-0.25, -0.2) is 0 Å². The van der Waals surface area contributed by atoms with Crippen LogP contribution in [0.3, 0.4) is 0 Å². The third kappa shape index (κ3) is 2.04. The molecule has 4 aromatic rings. The Morgan fingerprint density at radius 3 is 1.78 bits per heavy atom. The number of carbonyl (C=O) groups is 1. The van der Waals surface area contributed by atoms with Crippen LogP contribution in [0.4, 0.5) is 0 Å². The van der Waals surface area contributed by atoms with Crippen molar-refractivity contribution < 1.29 is 9.90 Å². The third-order valence-corrected chi connectivity index (χ3v) is 10.4. The first-order valence-corrected chi connectivity index (χ1v) is 13.2. The molecule has 8 rings (SSSR count). The molecule has 4 aliphatic carbocycles. The van der Waals surface area contributed by atoms with Gasteiger partial charge in [0.1, 0.15) is 5.60 Å². The van der Waals surface area contributed by atoms with Crippen LogP contribution in [0.1, 0.15) is 47.6 Å². The zero-order valence-corrected chi connectivity index (χ0v) is 21.0. The minimum absolute atomic E-state index is 0.244. The van der Waals surface area contributed by atoms with Gasteiger partial charge in [0.25, 0.3) is 0 Å². The molecular weight excluding hydrogens is 452 g/mol. The van der Waals surface area contributed by atoms with Crippen LogP contribution < -0.4 is 0 Å². The first-order valence-electron chi connectivity index (χ1n) is 13.2. The van der Waals surface area contributed by atoms with Crippen LogP contribution in [-0.4, -0.2) is 16.5 Å². The molecule has 180 valence electrons. The summed E-state index contributed by atoms with van der Waals surface area (Å²) in [4.78, 5) is 15.1. The van der Waals surface area contributed by atoms with Crippen molar-refractivity contribution in [3.05, 3.63) is 143 Å². The quantitative estimate of drug-likeness (QED) is 0.356. The Balaban J connectivity index is 1.56. The van der Waals surface area contributed by atoms with E-state index in [4.69, 9.17) is 0 Å². The zero-order valence-electron chi connectivity index (χ0n) is 21.0. The summed E-state index contributed by atoms with van der Waals surface area (Å²) < 4.78 is 0. The average Bonchev–Trinajstić information content (AvgIpc) is 3.50. The number of hydrogen-bond donors (Lipinski definition) is 1. The monoisotopic (exact) mass is 480 g/mol. The van der Waals surface area contributed by atoms with Crippen molar-refractivity contribution in [1.29, 1.82) is 0 Å². The number of ketones is 1. The standard InChI is InChI=1S/C35H28O2/c1-32-27(22-14-6-3-7-15-22)28(23-16-8-4-9-17-23)35(37)29(32)25-20-12-13-21-26(25)34(24-18-10-5-11-19-24)30(35)33(34,2)31(32)36/h3-21,29-30,37H,1-2H3. The maximum absolute atomic E-state index is 15.1. The van der Waals surface area contributed by atoms with Crippen molar-refractivity contribution in [2.75, 3.05) is 0 Å². The molecule has 4 aromatic carbocycles. The molecule has 0 amide bonds. The maximum atomic E-state index is 15.1. The van der Waals surface area contributed by atoms with Gasteiger partial charge < -0.3 is 5.11 Å². The lowest BCUT2D eigenvalue weighted by atomic mass is 9.56. The van der Waals surface area contributed by atoms with Crippen LogP contribution in [0.15, 0.2) is 115 Å². The summed E-state index contributed by atoms with van der Waals surface area (Å²) in [5.41, 5.74) is 4.05. The first kappa shape index (κ1) is 21.3. The molecule has 1 N–H and O–H groups in total. The van der Waals surface area contributed by atoms with Gasteiger partial charge in [-0.1, -0.05) is 122 Å². The lowest BCUT2D eigenvalue weighted by molar-refractivity contribution is -0.139. The summed E-state index contributed by atoms with van der Waals surface area (Å²) in [6.07, 6.45) is 0. The van der Waals surface area contributed by atoms with E-state index in [1.165, 1.54) is 5.56 Å². The van der Waals surface area contributed by atoms with Crippen LogP contribution in [0, 0.1) is 16.7 Å². The molecule has 4 aliphatic rings. The van der Waals surface area contributed by atoms with E-state index >= 15 is 4.79 Å². The second-order valence-electron chi connectivity index (χ2n) is 11.7. The van der Waals surface area contributed by atoms with Gasteiger partial charge in [-0.05, 0) is 45.9 Å². The molecule has 0 aliphatic heterocycles. The van der Waals surface area contributed by atoms with Crippen LogP contribution in [0.5, 0.6) is 0 Å². The Labute approximate surface area is 217 Å². The molecule has 0 spiro atoms. The Kier molecular flexibility index (Phi) is 3.79. The van der Waals surface area contributed by atoms with Crippen LogP contribution in [0.25, 0.3) is 11.1 Å². The Hall–Kier alpha value is -3.75. The topological polar surface area (TPSA) is 37.3 Å². The Morgan fingerprint density at radius 1 is 0.649 bits per heavy atom. The maximum Gasteiger partial charge on any atom is 0.151 e. The first-order chi connectivity index (χ1) is 17.9. The highest BCUT2D eigenvalue weighted by atomic mass is 16.3. The molecule has 0 radical (unpaired) electrons. The van der Waals surface area contributed by atoms with E-state index in [1.54, 1.807) is 0 Å². The number of aliphatic hydroxyl groups is 1. The minimum atomic E-state index is -1.19. The lowest BCUT2D eigenvalue weighted by Gasteiger charge is -2.48. The van der Waals surface area contributed by atoms with Crippen molar-refractivity contribution in [1.82, 2.24) is 0 Å². The molecule has 4 bridgehead atoms. The van der Waals surface area contributed by atoms with Gasteiger partial charge in [-0.15, -0.1) is 0 Å². The molecule has 6 atom stereocenters. The predicted octanol–water partition coefficient (Wildman–Crippen LogP) is 6.65. The highest BCUT2D eigenvalue weighted by Gasteiger charge is 2.94. The number of benzene rings is 4. The van der Waals surface area contributed by atoms with E-state index in [0.29, 0.717) is 0 Å². The average molecular weight is 481 g/mol. The van der Waals surface area contributed by atoms with Crippen LogP contribution >= 0.6 is 0 Å². The number of fused-ring (bicyclic) bond motifs is 3. The fourth-order valence-corrected chi connectivity index (χ4v) is 9.43. The van der Waals surface area contributed by atoms with E-state index in [2.05, 4.69) is 86.6 Å². The molecule has 0 aromatic heterocycles. The van der Waals surface area contributed by atoms with E-state index in [9.17, 15) is 5.11 Å². The number of Topliss-reactive ketones (excluding diaryl/α,β-unsaturated/α-hetero) is 1. The molecule has 2 fully saturated rings. The van der Waals surface area contributed by atoms with Crippen LogP contribution in [-0.2, 0) is 10.2 Å². The molecule has 2 nitrogen and oxygen atoms in total. The SMILES string of the molecule is CC12C(=O)C3(C)C4C(O)(C(c5ccccc5)=C1c1ccccc1)C2c1ccccc1C43c1ccccc1. The van der Waals surface area contributed by atoms with Gasteiger partial charge in [0.2, 0.25) is 0 Å². The van der Waals surface area contributed by atoms with Gasteiger partial charge in [0.05, 0.1) is 5.41 Å². The molecular formula is C35H28O2. The van der Waals surface area contributed by atoms with Gasteiger partial charge in [0, 0.05) is 22.7 Å². The molecule has 0 saturated heterocycles. The summed E-state index contributed by atoms with van der Waals surface area (Å²) in [6.45, 7) is 4.24. The minimum Gasteiger partial charge on any atom is -0.384 e. The van der Waals surface area contributed by atoms with Gasteiger partial charge in [0.15, 0.2) is 5.78 Å². The fourth-order valence-electron chi connectivity index (χ4n) is 9.43. The fraction of sp³-hybridized carbons (Fsp3) is 0.229. The highest BCUT2D eigenvalue weighted by molar-refractivity contribution is 6.19. The summed E-state index contributed by atoms with van der Waals surface area (Å²) in [7, 11) is 0. The van der Waals surface area contributed by atoms with E-state index in [-0.39, 0.29) is 17.6 Å². The van der Waals surface area contributed by atoms with Crippen molar-refractivity contribution in [3.63, 3.8) is 0 Å². The number of allylic oxidation sites excluding steroid dienone is 1. The smallest absolute Gasteiger partial charge is 0.151 e. The number of hydrogen-bond acceptors (Lipinski definition) is 2. The van der Waals surface area contributed by atoms with Crippen molar-refractivity contribution in [3.8, 4) is 0 Å². The largest absolute Gasteiger partial charge is 0.384 e. The van der Waals surface area contributed by atoms with E-state index in [1.807, 2.05) is 42.5 Å². The Morgan fingerprint density at radius 2 is 1.16 bits per heavy atom. The molecule has 2 heteroatoms. The summed E-state index contributed by atoms with van der Waals surface area (Å²) in [5, 5.41) is 13.4. The molecule has 6 unspecified atom stereocenters. The molecule has 37 heavy (non-hydrogen) atoms. The second-order valence-corrected chi connectivity index (χ2v) is 11.7. The van der Waals surface area contributed by atoms with Crippen molar-refractivity contribution in [2.24, 2.45) is 16.7 Å². The van der Waals surface area contributed by atoms with Crippen molar-refractivity contribution in [2.45, 2.75) is 30.8 Å². The summed E-state index contributed by atoms with van der Waals surface area (Å²) >= 11 is 0. The van der Waals surface area contributed by atoms with E-state index < -0.39 is 21.8 Å². The predicted molar refractivity (Wildman–Crippen MR) is 146 cm³/mol. The zero-order chi connectivity index (χ0) is 25.2.